The normalized spacial score (nSPS) is 11.7. The molecule has 1 N–H and O–H groups in total. The number of benzene rings is 2. The summed E-state index contributed by atoms with van der Waals surface area (Å²) in [5.74, 6) is 0.0199. The molecule has 5 rings (SSSR count). The lowest BCUT2D eigenvalue weighted by atomic mass is 10.1. The van der Waals surface area contributed by atoms with Crippen LogP contribution in [0.1, 0.15) is 24.1 Å². The Morgan fingerprint density at radius 2 is 1.76 bits per heavy atom. The molecule has 3 aromatic heterocycles. The predicted molar refractivity (Wildman–Crippen MR) is 159 cm³/mol. The molecule has 41 heavy (non-hydrogen) atoms. The number of fused-ring (bicyclic) bond motifs is 1. The molecule has 0 aliphatic heterocycles. The van der Waals surface area contributed by atoms with Crippen LogP contribution in [0.5, 0.6) is 0 Å². The minimum atomic E-state index is -0.319. The number of aromatic nitrogens is 4. The van der Waals surface area contributed by atoms with Crippen molar-refractivity contribution in [2.45, 2.75) is 19.5 Å². The van der Waals surface area contributed by atoms with Crippen molar-refractivity contribution >= 4 is 17.5 Å². The van der Waals surface area contributed by atoms with Gasteiger partial charge in [-0.05, 0) is 60.5 Å². The van der Waals surface area contributed by atoms with Gasteiger partial charge in [-0.1, -0.05) is 36.9 Å². The van der Waals surface area contributed by atoms with Gasteiger partial charge in [0.15, 0.2) is 0 Å². The Labute approximate surface area is 238 Å². The molecule has 0 saturated carbocycles. The van der Waals surface area contributed by atoms with Crippen molar-refractivity contribution in [2.24, 2.45) is 0 Å². The number of likely N-dealkylation sites (N-methyl/N-ethyl adjacent to an activating group) is 2. The van der Waals surface area contributed by atoms with E-state index in [2.05, 4.69) is 35.9 Å². The van der Waals surface area contributed by atoms with Gasteiger partial charge in [-0.3, -0.25) is 9.20 Å². The largest absolute Gasteiger partial charge is 0.366 e. The van der Waals surface area contributed by atoms with Gasteiger partial charge in [0.1, 0.15) is 11.5 Å². The van der Waals surface area contributed by atoms with E-state index in [0.29, 0.717) is 35.2 Å². The Morgan fingerprint density at radius 1 is 1.02 bits per heavy atom. The van der Waals surface area contributed by atoms with Crippen LogP contribution in [0.15, 0.2) is 97.5 Å². The zero-order chi connectivity index (χ0) is 29.1. The van der Waals surface area contributed by atoms with Gasteiger partial charge >= 0.3 is 0 Å². The molecular formula is C32H32FN7O. The summed E-state index contributed by atoms with van der Waals surface area (Å²) in [4.78, 5) is 29.9. The molecule has 3 heterocycles. The fourth-order valence-corrected chi connectivity index (χ4v) is 4.61. The third-order valence-corrected chi connectivity index (χ3v) is 6.89. The summed E-state index contributed by atoms with van der Waals surface area (Å²) >= 11 is 0. The van der Waals surface area contributed by atoms with Crippen molar-refractivity contribution in [1.29, 1.82) is 0 Å². The number of nitrogens with one attached hydrogen (secondary N) is 1. The highest BCUT2D eigenvalue weighted by molar-refractivity contribution is 5.91. The number of carbonyl (C=O) groups is 1. The molecule has 0 bridgehead atoms. The first-order valence-electron chi connectivity index (χ1n) is 13.2. The van der Waals surface area contributed by atoms with Crippen LogP contribution in [0.2, 0.25) is 0 Å². The number of nitrogens with zero attached hydrogens (tertiary/aromatic N) is 6. The van der Waals surface area contributed by atoms with Crippen LogP contribution in [0, 0.1) is 5.82 Å². The minimum Gasteiger partial charge on any atom is -0.366 e. The van der Waals surface area contributed by atoms with Gasteiger partial charge in [0, 0.05) is 45.6 Å². The molecule has 0 saturated heterocycles. The fourth-order valence-electron chi connectivity index (χ4n) is 4.61. The van der Waals surface area contributed by atoms with Gasteiger partial charge < -0.3 is 15.1 Å². The van der Waals surface area contributed by atoms with Crippen molar-refractivity contribution in [3.05, 3.63) is 114 Å². The average Bonchev–Trinajstić information content (AvgIpc) is 3.36. The van der Waals surface area contributed by atoms with Gasteiger partial charge in [-0.25, -0.2) is 19.3 Å². The number of carbonyl (C=O) groups excluding carboxylic acids is 1. The Balaban J connectivity index is 1.53. The van der Waals surface area contributed by atoms with Gasteiger partial charge in [-0.15, -0.1) is 0 Å². The molecule has 1 amide bonds. The summed E-state index contributed by atoms with van der Waals surface area (Å²) in [5, 5.41) is 3.39. The SMILES string of the molecule is C=C(C(=O)N(C)C)N(C)Cc1ccn2c(-c3ccnc(N[C@@H](C)c4ccccc4)n3)c(-c3ccc(F)cc3)nc2c1. The number of anilines is 1. The summed E-state index contributed by atoms with van der Waals surface area (Å²) in [7, 11) is 5.24. The second-order valence-electron chi connectivity index (χ2n) is 10.1. The van der Waals surface area contributed by atoms with E-state index < -0.39 is 0 Å². The number of pyridine rings is 1. The zero-order valence-corrected chi connectivity index (χ0v) is 23.5. The van der Waals surface area contributed by atoms with Crippen LogP contribution in [0.3, 0.4) is 0 Å². The second kappa shape index (κ2) is 11.6. The van der Waals surface area contributed by atoms with E-state index in [1.165, 1.54) is 17.0 Å². The van der Waals surface area contributed by atoms with Crippen LogP contribution in [0.25, 0.3) is 28.3 Å². The van der Waals surface area contributed by atoms with Crippen molar-refractivity contribution in [3.63, 3.8) is 0 Å². The van der Waals surface area contributed by atoms with Gasteiger partial charge in [-0.2, -0.15) is 0 Å². The van der Waals surface area contributed by atoms with Gasteiger partial charge in [0.25, 0.3) is 5.91 Å². The fraction of sp³-hybridized carbons (Fsp3) is 0.188. The van der Waals surface area contributed by atoms with E-state index in [-0.39, 0.29) is 17.8 Å². The Hall–Kier alpha value is -5.05. The molecule has 0 aliphatic carbocycles. The highest BCUT2D eigenvalue weighted by Crippen LogP contribution is 2.33. The third kappa shape index (κ3) is 5.94. The lowest BCUT2D eigenvalue weighted by Gasteiger charge is -2.23. The topological polar surface area (TPSA) is 78.7 Å². The predicted octanol–water partition coefficient (Wildman–Crippen LogP) is 5.80. The first-order chi connectivity index (χ1) is 19.7. The summed E-state index contributed by atoms with van der Waals surface area (Å²) in [6.07, 6.45) is 3.65. The second-order valence-corrected chi connectivity index (χ2v) is 10.1. The number of amides is 1. The van der Waals surface area contributed by atoms with Crippen LogP contribution in [-0.2, 0) is 11.3 Å². The van der Waals surface area contributed by atoms with Gasteiger partial charge in [0.2, 0.25) is 5.95 Å². The van der Waals surface area contributed by atoms with E-state index in [9.17, 15) is 9.18 Å². The molecular weight excluding hydrogens is 517 g/mol. The standard InChI is InChI=1S/C32H32FN7O/c1-21(24-9-7-6-8-10-24)35-32-34-17-15-27(36-32)30-29(25-11-13-26(33)14-12-25)37-28-19-23(16-18-40(28)30)20-39(5)22(2)31(41)38(3)4/h6-19,21H,2,20H2,1,3-5H3,(H,34,35,36)/t21-/m0/s1. The maximum absolute atomic E-state index is 13.8. The van der Waals surface area contributed by atoms with Crippen molar-refractivity contribution in [3.8, 4) is 22.6 Å². The first kappa shape index (κ1) is 27.5. The summed E-state index contributed by atoms with van der Waals surface area (Å²) in [5.41, 5.74) is 6.04. The lowest BCUT2D eigenvalue weighted by molar-refractivity contribution is -0.126. The molecule has 0 aliphatic rings. The molecule has 0 fully saturated rings. The number of halogens is 1. The summed E-state index contributed by atoms with van der Waals surface area (Å²) in [6, 6.07) is 22.2. The van der Waals surface area contributed by atoms with E-state index in [4.69, 9.17) is 9.97 Å². The van der Waals surface area contributed by atoms with E-state index in [1.807, 2.05) is 58.9 Å². The Bertz CT molecular complexity index is 1700. The lowest BCUT2D eigenvalue weighted by Crippen LogP contribution is -2.31. The number of imidazole rings is 1. The van der Waals surface area contributed by atoms with Gasteiger partial charge in [0.05, 0.1) is 28.8 Å². The molecule has 8 nitrogen and oxygen atoms in total. The molecule has 5 aromatic rings. The minimum absolute atomic E-state index is 0.00104. The monoisotopic (exact) mass is 549 g/mol. The van der Waals surface area contributed by atoms with E-state index >= 15 is 0 Å². The highest BCUT2D eigenvalue weighted by Gasteiger charge is 2.20. The third-order valence-electron chi connectivity index (χ3n) is 6.89. The molecule has 9 heteroatoms. The van der Waals surface area contributed by atoms with Crippen molar-refractivity contribution in [2.75, 3.05) is 26.5 Å². The quantitative estimate of drug-likeness (QED) is 0.234. The molecule has 1 atom stereocenters. The molecule has 0 radical (unpaired) electrons. The first-order valence-corrected chi connectivity index (χ1v) is 13.2. The molecule has 0 unspecified atom stereocenters. The molecule has 208 valence electrons. The van der Waals surface area contributed by atoms with Crippen LogP contribution in [0.4, 0.5) is 10.3 Å². The van der Waals surface area contributed by atoms with Crippen molar-refractivity contribution < 1.29 is 9.18 Å². The zero-order valence-electron chi connectivity index (χ0n) is 23.5. The smallest absolute Gasteiger partial charge is 0.268 e. The number of hydrogen-bond acceptors (Lipinski definition) is 6. The van der Waals surface area contributed by atoms with E-state index in [0.717, 1.165) is 22.4 Å². The maximum atomic E-state index is 13.8. The van der Waals surface area contributed by atoms with Crippen LogP contribution >= 0.6 is 0 Å². The Kier molecular flexibility index (Phi) is 7.78. The summed E-state index contributed by atoms with van der Waals surface area (Å²) in [6.45, 7) is 6.48. The van der Waals surface area contributed by atoms with Crippen molar-refractivity contribution in [1.82, 2.24) is 29.2 Å². The molecule has 0 spiro atoms. The van der Waals surface area contributed by atoms with Crippen LogP contribution < -0.4 is 5.32 Å². The van der Waals surface area contributed by atoms with E-state index in [1.54, 1.807) is 32.4 Å². The maximum Gasteiger partial charge on any atom is 0.268 e. The summed E-state index contributed by atoms with van der Waals surface area (Å²) < 4.78 is 15.8. The number of hydrogen-bond donors (Lipinski definition) is 1. The van der Waals surface area contributed by atoms with Crippen LogP contribution in [-0.4, -0.2) is 56.2 Å². The number of rotatable bonds is 9. The molecule has 2 aromatic carbocycles. The average molecular weight is 550 g/mol. The Morgan fingerprint density at radius 3 is 2.46 bits per heavy atom. The highest BCUT2D eigenvalue weighted by atomic mass is 19.1.